The maximum atomic E-state index is 12.5. The van der Waals surface area contributed by atoms with Crippen molar-refractivity contribution in [1.82, 2.24) is 10.3 Å². The van der Waals surface area contributed by atoms with Gasteiger partial charge in [0.15, 0.2) is 5.76 Å². The van der Waals surface area contributed by atoms with Gasteiger partial charge in [-0.2, -0.15) is 0 Å². The number of aromatic nitrogens is 1. The third-order valence-electron chi connectivity index (χ3n) is 4.39. The molecule has 0 aliphatic carbocycles. The molecule has 4 rings (SSSR count). The lowest BCUT2D eigenvalue weighted by molar-refractivity contribution is 0.0928. The van der Waals surface area contributed by atoms with Gasteiger partial charge in [0.05, 0.1) is 15.2 Å². The first-order valence-corrected chi connectivity index (χ1v) is 9.54. The van der Waals surface area contributed by atoms with E-state index in [-0.39, 0.29) is 5.91 Å². The van der Waals surface area contributed by atoms with E-state index in [1.807, 2.05) is 44.2 Å². The number of thiazole rings is 1. The number of carbonyl (C=O) groups is 1. The van der Waals surface area contributed by atoms with Crippen LogP contribution < -0.4 is 5.32 Å². The molecular weight excluding hydrogens is 368 g/mol. The highest BCUT2D eigenvalue weighted by atomic mass is 35.5. The number of amides is 1. The van der Waals surface area contributed by atoms with Gasteiger partial charge in [0.25, 0.3) is 5.91 Å². The number of carbonyl (C=O) groups excluding carboxylic acids is 1. The quantitative estimate of drug-likeness (QED) is 0.520. The van der Waals surface area contributed by atoms with E-state index in [1.54, 1.807) is 11.3 Å². The molecule has 1 N–H and O–H groups in total. The standard InChI is InChI=1S/C20H17ClN2O2S/c1-11-9-16-13(10-14(11)21)12(2)19(25-16)20(24)22-8-7-18-23-15-5-3-4-6-17(15)26-18/h3-6,9-10H,7-8H2,1-2H3,(H,22,24). The van der Waals surface area contributed by atoms with E-state index in [0.29, 0.717) is 29.3 Å². The van der Waals surface area contributed by atoms with E-state index in [9.17, 15) is 4.79 Å². The van der Waals surface area contributed by atoms with Crippen LogP contribution in [0.3, 0.4) is 0 Å². The summed E-state index contributed by atoms with van der Waals surface area (Å²) in [5.74, 6) is 0.125. The minimum absolute atomic E-state index is 0.214. The Kier molecular flexibility index (Phi) is 4.42. The minimum atomic E-state index is -0.214. The summed E-state index contributed by atoms with van der Waals surface area (Å²) in [6.07, 6.45) is 0.690. The van der Waals surface area contributed by atoms with E-state index in [1.165, 1.54) is 0 Å². The third-order valence-corrected chi connectivity index (χ3v) is 5.89. The summed E-state index contributed by atoms with van der Waals surface area (Å²) in [5.41, 5.74) is 3.41. The highest BCUT2D eigenvalue weighted by molar-refractivity contribution is 7.18. The predicted molar refractivity (Wildman–Crippen MR) is 106 cm³/mol. The number of halogens is 1. The summed E-state index contributed by atoms with van der Waals surface area (Å²) < 4.78 is 6.92. The number of furan rings is 1. The minimum Gasteiger partial charge on any atom is -0.451 e. The van der Waals surface area contributed by atoms with E-state index < -0.39 is 0 Å². The second-order valence-electron chi connectivity index (χ2n) is 6.23. The average molecular weight is 385 g/mol. The van der Waals surface area contributed by atoms with Crippen LogP contribution in [0.5, 0.6) is 0 Å². The smallest absolute Gasteiger partial charge is 0.287 e. The van der Waals surface area contributed by atoms with Crippen molar-refractivity contribution >= 4 is 50.0 Å². The van der Waals surface area contributed by atoms with Gasteiger partial charge in [0.2, 0.25) is 0 Å². The van der Waals surface area contributed by atoms with Gasteiger partial charge in [0, 0.05) is 28.9 Å². The number of benzene rings is 2. The Balaban J connectivity index is 1.48. The summed E-state index contributed by atoms with van der Waals surface area (Å²) in [6.45, 7) is 4.30. The normalized spacial score (nSPS) is 11.3. The monoisotopic (exact) mass is 384 g/mol. The van der Waals surface area contributed by atoms with E-state index in [2.05, 4.69) is 16.4 Å². The Morgan fingerprint density at radius 1 is 1.27 bits per heavy atom. The molecular formula is C20H17ClN2O2S. The molecule has 4 aromatic rings. The summed E-state index contributed by atoms with van der Waals surface area (Å²) in [4.78, 5) is 17.1. The molecule has 2 aromatic carbocycles. The Morgan fingerprint density at radius 3 is 2.88 bits per heavy atom. The van der Waals surface area contributed by atoms with E-state index in [4.69, 9.17) is 16.0 Å². The zero-order valence-electron chi connectivity index (χ0n) is 14.4. The lowest BCUT2D eigenvalue weighted by Crippen LogP contribution is -2.25. The van der Waals surface area contributed by atoms with Gasteiger partial charge in [-0.25, -0.2) is 4.98 Å². The number of aryl methyl sites for hydroxylation is 2. The average Bonchev–Trinajstić information content (AvgIpc) is 3.17. The lowest BCUT2D eigenvalue weighted by Gasteiger charge is -2.02. The summed E-state index contributed by atoms with van der Waals surface area (Å²) >= 11 is 7.84. The molecule has 0 radical (unpaired) electrons. The number of rotatable bonds is 4. The molecule has 0 atom stereocenters. The van der Waals surface area contributed by atoms with Gasteiger partial charge in [-0.3, -0.25) is 4.79 Å². The number of fused-ring (bicyclic) bond motifs is 2. The number of nitrogens with one attached hydrogen (secondary N) is 1. The third kappa shape index (κ3) is 3.08. The maximum Gasteiger partial charge on any atom is 0.287 e. The number of para-hydroxylation sites is 1. The van der Waals surface area contributed by atoms with Crippen LogP contribution in [0.1, 0.15) is 26.7 Å². The van der Waals surface area contributed by atoms with Gasteiger partial charge in [-0.1, -0.05) is 23.7 Å². The molecule has 0 bridgehead atoms. The fourth-order valence-corrected chi connectivity index (χ4v) is 4.08. The van der Waals surface area contributed by atoms with Crippen molar-refractivity contribution in [2.45, 2.75) is 20.3 Å². The van der Waals surface area contributed by atoms with Crippen LogP contribution >= 0.6 is 22.9 Å². The van der Waals surface area contributed by atoms with Crippen molar-refractivity contribution in [3.8, 4) is 0 Å². The molecule has 132 valence electrons. The Bertz CT molecular complexity index is 1100. The number of hydrogen-bond donors (Lipinski definition) is 1. The van der Waals surface area contributed by atoms with Crippen LogP contribution in [0, 0.1) is 13.8 Å². The fourth-order valence-electron chi connectivity index (χ4n) is 2.95. The predicted octanol–water partition coefficient (Wildman–Crippen LogP) is 5.29. The number of hydrogen-bond acceptors (Lipinski definition) is 4. The first-order valence-electron chi connectivity index (χ1n) is 8.35. The molecule has 26 heavy (non-hydrogen) atoms. The molecule has 0 aliphatic rings. The molecule has 4 nitrogen and oxygen atoms in total. The molecule has 0 saturated carbocycles. The van der Waals surface area contributed by atoms with Crippen molar-refractivity contribution in [3.63, 3.8) is 0 Å². The summed E-state index contributed by atoms with van der Waals surface area (Å²) in [6, 6.07) is 11.8. The first kappa shape index (κ1) is 17.1. The maximum absolute atomic E-state index is 12.5. The molecule has 0 spiro atoms. The van der Waals surface area contributed by atoms with Crippen molar-refractivity contribution in [3.05, 3.63) is 63.3 Å². The highest BCUT2D eigenvalue weighted by Gasteiger charge is 2.18. The molecule has 1 amide bonds. The molecule has 6 heteroatoms. The fraction of sp³-hybridized carbons (Fsp3) is 0.200. The molecule has 0 fully saturated rings. The summed E-state index contributed by atoms with van der Waals surface area (Å²) in [5, 5.41) is 5.48. The zero-order chi connectivity index (χ0) is 18.3. The van der Waals surface area contributed by atoms with Gasteiger partial charge < -0.3 is 9.73 Å². The summed E-state index contributed by atoms with van der Waals surface area (Å²) in [7, 11) is 0. The molecule has 2 heterocycles. The van der Waals surface area contributed by atoms with Crippen LogP contribution in [-0.2, 0) is 6.42 Å². The van der Waals surface area contributed by atoms with Crippen LogP contribution in [0.25, 0.3) is 21.2 Å². The zero-order valence-corrected chi connectivity index (χ0v) is 16.0. The van der Waals surface area contributed by atoms with Crippen molar-refractivity contribution in [1.29, 1.82) is 0 Å². The molecule has 2 aromatic heterocycles. The van der Waals surface area contributed by atoms with Crippen LogP contribution in [0.2, 0.25) is 5.02 Å². The largest absolute Gasteiger partial charge is 0.451 e. The Hall–Kier alpha value is -2.37. The molecule has 0 aliphatic heterocycles. The van der Waals surface area contributed by atoms with Crippen molar-refractivity contribution < 1.29 is 9.21 Å². The van der Waals surface area contributed by atoms with Gasteiger partial charge in [-0.15, -0.1) is 11.3 Å². The molecule has 0 unspecified atom stereocenters. The van der Waals surface area contributed by atoms with Crippen LogP contribution in [-0.4, -0.2) is 17.4 Å². The highest BCUT2D eigenvalue weighted by Crippen LogP contribution is 2.30. The van der Waals surface area contributed by atoms with Crippen LogP contribution in [0.4, 0.5) is 0 Å². The van der Waals surface area contributed by atoms with Gasteiger partial charge in [-0.05, 0) is 43.7 Å². The SMILES string of the molecule is Cc1cc2oc(C(=O)NCCc3nc4ccccc4s3)c(C)c2cc1Cl. The van der Waals surface area contributed by atoms with E-state index >= 15 is 0 Å². The number of nitrogens with zero attached hydrogens (tertiary/aromatic N) is 1. The second kappa shape index (κ2) is 6.74. The van der Waals surface area contributed by atoms with Crippen LogP contribution in [0.15, 0.2) is 40.8 Å². The first-order chi connectivity index (χ1) is 12.5. The van der Waals surface area contributed by atoms with Crippen molar-refractivity contribution in [2.24, 2.45) is 0 Å². The topological polar surface area (TPSA) is 55.1 Å². The Labute approximate surface area is 159 Å². The van der Waals surface area contributed by atoms with E-state index in [0.717, 1.165) is 31.7 Å². The van der Waals surface area contributed by atoms with Gasteiger partial charge >= 0.3 is 0 Å². The second-order valence-corrected chi connectivity index (χ2v) is 7.76. The Morgan fingerprint density at radius 2 is 2.08 bits per heavy atom. The van der Waals surface area contributed by atoms with Crippen molar-refractivity contribution in [2.75, 3.05) is 6.54 Å². The van der Waals surface area contributed by atoms with Gasteiger partial charge in [0.1, 0.15) is 5.58 Å². The molecule has 0 saturated heterocycles. The lowest BCUT2D eigenvalue weighted by atomic mass is 10.1.